The van der Waals surface area contributed by atoms with Crippen LogP contribution in [0.25, 0.3) is 0 Å². The van der Waals surface area contributed by atoms with E-state index < -0.39 is 6.10 Å². The van der Waals surface area contributed by atoms with Gasteiger partial charge in [0.1, 0.15) is 5.82 Å². The number of hydrogen-bond donors (Lipinski definition) is 2. The lowest BCUT2D eigenvalue weighted by atomic mass is 9.94. The molecule has 0 saturated carbocycles. The molecule has 2 N–H and O–H groups in total. The highest BCUT2D eigenvalue weighted by Gasteiger charge is 2.26. The molecule has 2 unspecified atom stereocenters. The van der Waals surface area contributed by atoms with E-state index in [1.165, 1.54) is 18.2 Å². The number of amides is 2. The Bertz CT molecular complexity index is 496. The zero-order chi connectivity index (χ0) is 14.7. The molecule has 0 spiro atoms. The van der Waals surface area contributed by atoms with E-state index in [2.05, 4.69) is 21.2 Å². The number of carbonyl (C=O) groups is 1. The summed E-state index contributed by atoms with van der Waals surface area (Å²) in [4.78, 5) is 13.9. The van der Waals surface area contributed by atoms with Crippen LogP contribution in [-0.2, 0) is 0 Å². The van der Waals surface area contributed by atoms with Gasteiger partial charge in [-0.15, -0.1) is 0 Å². The van der Waals surface area contributed by atoms with E-state index in [-0.39, 0.29) is 17.8 Å². The number of benzene rings is 1. The van der Waals surface area contributed by atoms with Crippen LogP contribution in [-0.4, -0.2) is 35.2 Å². The minimum absolute atomic E-state index is 0.117. The molecule has 20 heavy (non-hydrogen) atoms. The fraction of sp³-hybridized carbons (Fsp3) is 0.500. The Morgan fingerprint density at radius 3 is 3.00 bits per heavy atom. The van der Waals surface area contributed by atoms with Gasteiger partial charge < -0.3 is 15.3 Å². The average Bonchev–Trinajstić information content (AvgIpc) is 2.42. The molecule has 1 heterocycles. The zero-order valence-electron chi connectivity index (χ0n) is 11.3. The number of nitrogens with one attached hydrogen (secondary N) is 1. The predicted octanol–water partition coefficient (Wildman–Crippen LogP) is 3.21. The van der Waals surface area contributed by atoms with Crippen molar-refractivity contribution in [2.75, 3.05) is 18.4 Å². The molecule has 6 heteroatoms. The maximum absolute atomic E-state index is 13.0. The van der Waals surface area contributed by atoms with Crippen molar-refractivity contribution in [3.05, 3.63) is 28.5 Å². The first-order valence-electron chi connectivity index (χ1n) is 6.66. The average molecular weight is 345 g/mol. The quantitative estimate of drug-likeness (QED) is 0.865. The number of urea groups is 1. The van der Waals surface area contributed by atoms with Gasteiger partial charge in [-0.3, -0.25) is 0 Å². The fourth-order valence-electron chi connectivity index (χ4n) is 2.37. The van der Waals surface area contributed by atoms with Gasteiger partial charge in [0.15, 0.2) is 0 Å². The Morgan fingerprint density at radius 2 is 2.35 bits per heavy atom. The molecule has 0 radical (unpaired) electrons. The fourth-order valence-corrected chi connectivity index (χ4v) is 2.82. The van der Waals surface area contributed by atoms with Gasteiger partial charge in [-0.2, -0.15) is 0 Å². The van der Waals surface area contributed by atoms with Crippen molar-refractivity contribution in [2.45, 2.75) is 25.9 Å². The molecule has 4 nitrogen and oxygen atoms in total. The van der Waals surface area contributed by atoms with Crippen molar-refractivity contribution in [3.8, 4) is 0 Å². The molecule has 0 bridgehead atoms. The molecule has 1 aromatic rings. The van der Waals surface area contributed by atoms with Crippen LogP contribution in [0.1, 0.15) is 19.8 Å². The Labute approximate surface area is 126 Å². The second kappa shape index (κ2) is 6.54. The number of nitrogens with zero attached hydrogens (tertiary/aromatic N) is 1. The van der Waals surface area contributed by atoms with Crippen LogP contribution in [0.2, 0.25) is 0 Å². The normalized spacial score (nSPS) is 20.6. The first kappa shape index (κ1) is 15.3. The van der Waals surface area contributed by atoms with Crippen molar-refractivity contribution < 1.29 is 14.3 Å². The second-order valence-electron chi connectivity index (χ2n) is 5.14. The van der Waals surface area contributed by atoms with Gasteiger partial charge in [-0.05, 0) is 53.9 Å². The van der Waals surface area contributed by atoms with Gasteiger partial charge in [0.05, 0.1) is 11.8 Å². The number of likely N-dealkylation sites (tertiary alicyclic amines) is 1. The van der Waals surface area contributed by atoms with Gasteiger partial charge >= 0.3 is 6.03 Å². The van der Waals surface area contributed by atoms with Gasteiger partial charge in [0.25, 0.3) is 0 Å². The van der Waals surface area contributed by atoms with Gasteiger partial charge in [0.2, 0.25) is 0 Å². The van der Waals surface area contributed by atoms with Gasteiger partial charge in [-0.1, -0.05) is 0 Å². The highest BCUT2D eigenvalue weighted by Crippen LogP contribution is 2.25. The van der Waals surface area contributed by atoms with Crippen LogP contribution in [0.4, 0.5) is 14.9 Å². The molecule has 110 valence electrons. The third-order valence-corrected chi connectivity index (χ3v) is 4.26. The SMILES string of the molecule is CC(O)C1CCCN(C(=O)Nc2ccc(F)cc2Br)C1. The summed E-state index contributed by atoms with van der Waals surface area (Å²) in [5.74, 6) is -0.242. The monoisotopic (exact) mass is 344 g/mol. The lowest BCUT2D eigenvalue weighted by Gasteiger charge is -2.34. The number of halogens is 2. The largest absolute Gasteiger partial charge is 0.393 e. The molecule has 0 aliphatic carbocycles. The van der Waals surface area contributed by atoms with E-state index >= 15 is 0 Å². The first-order valence-corrected chi connectivity index (χ1v) is 7.45. The molecule has 1 aromatic carbocycles. The Morgan fingerprint density at radius 1 is 1.60 bits per heavy atom. The number of anilines is 1. The van der Waals surface area contributed by atoms with Crippen molar-refractivity contribution >= 4 is 27.6 Å². The molecular weight excluding hydrogens is 327 g/mol. The van der Waals surface area contributed by atoms with Crippen molar-refractivity contribution in [2.24, 2.45) is 5.92 Å². The van der Waals surface area contributed by atoms with Crippen LogP contribution in [0.5, 0.6) is 0 Å². The third-order valence-electron chi connectivity index (χ3n) is 3.60. The summed E-state index contributed by atoms with van der Waals surface area (Å²) in [6, 6.07) is 3.91. The number of piperidine rings is 1. The molecule has 2 rings (SSSR count). The van der Waals surface area contributed by atoms with E-state index in [4.69, 9.17) is 0 Å². The van der Waals surface area contributed by atoms with E-state index in [1.54, 1.807) is 11.8 Å². The Balaban J connectivity index is 2.00. The van der Waals surface area contributed by atoms with E-state index in [0.29, 0.717) is 23.2 Å². The molecule has 2 amide bonds. The standard InChI is InChI=1S/C14H18BrFN2O2/c1-9(19)10-3-2-6-18(8-10)14(20)17-13-5-4-11(16)7-12(13)15/h4-5,7,9-10,19H,2-3,6,8H2,1H3,(H,17,20). The van der Waals surface area contributed by atoms with Crippen LogP contribution in [0, 0.1) is 11.7 Å². The summed E-state index contributed by atoms with van der Waals surface area (Å²) in [5, 5.41) is 12.4. The first-order chi connectivity index (χ1) is 9.47. The predicted molar refractivity (Wildman–Crippen MR) is 79.1 cm³/mol. The summed E-state index contributed by atoms with van der Waals surface area (Å²) >= 11 is 3.22. The van der Waals surface area contributed by atoms with Gasteiger partial charge in [-0.25, -0.2) is 9.18 Å². The number of carbonyl (C=O) groups excluding carboxylic acids is 1. The molecule has 1 saturated heterocycles. The van der Waals surface area contributed by atoms with Crippen molar-refractivity contribution in [1.29, 1.82) is 0 Å². The summed E-state index contributed by atoms with van der Waals surface area (Å²) in [6.45, 7) is 2.97. The Kier molecular flexibility index (Phi) is 4.99. The van der Waals surface area contributed by atoms with E-state index in [9.17, 15) is 14.3 Å². The zero-order valence-corrected chi connectivity index (χ0v) is 12.9. The summed E-state index contributed by atoms with van der Waals surface area (Å²) in [6.07, 6.45) is 1.40. The van der Waals surface area contributed by atoms with Crippen LogP contribution >= 0.6 is 15.9 Å². The summed E-state index contributed by atoms with van der Waals surface area (Å²) in [5.41, 5.74) is 0.538. The minimum Gasteiger partial charge on any atom is -0.393 e. The molecule has 1 aliphatic heterocycles. The molecular formula is C14H18BrFN2O2. The number of rotatable bonds is 2. The highest BCUT2D eigenvalue weighted by molar-refractivity contribution is 9.10. The van der Waals surface area contributed by atoms with Crippen molar-refractivity contribution in [3.63, 3.8) is 0 Å². The van der Waals surface area contributed by atoms with Crippen molar-refractivity contribution in [1.82, 2.24) is 4.90 Å². The molecule has 2 atom stereocenters. The lowest BCUT2D eigenvalue weighted by molar-refractivity contribution is 0.0766. The number of aliphatic hydroxyl groups excluding tert-OH is 1. The van der Waals surface area contributed by atoms with Crippen LogP contribution < -0.4 is 5.32 Å². The van der Waals surface area contributed by atoms with Crippen LogP contribution in [0.15, 0.2) is 22.7 Å². The maximum atomic E-state index is 13.0. The number of aliphatic hydroxyl groups is 1. The smallest absolute Gasteiger partial charge is 0.321 e. The van der Waals surface area contributed by atoms with Crippen LogP contribution in [0.3, 0.4) is 0 Å². The van der Waals surface area contributed by atoms with E-state index in [1.807, 2.05) is 0 Å². The lowest BCUT2D eigenvalue weighted by Crippen LogP contribution is -2.44. The third kappa shape index (κ3) is 3.70. The topological polar surface area (TPSA) is 52.6 Å². The maximum Gasteiger partial charge on any atom is 0.321 e. The molecule has 1 aliphatic rings. The highest BCUT2D eigenvalue weighted by atomic mass is 79.9. The molecule has 0 aromatic heterocycles. The van der Waals surface area contributed by atoms with E-state index in [0.717, 1.165) is 12.8 Å². The summed E-state index contributed by atoms with van der Waals surface area (Å²) in [7, 11) is 0. The molecule has 1 fully saturated rings. The Hall–Kier alpha value is -1.14. The van der Waals surface area contributed by atoms with Gasteiger partial charge in [0, 0.05) is 23.5 Å². The number of hydrogen-bond acceptors (Lipinski definition) is 2. The minimum atomic E-state index is -0.414. The summed E-state index contributed by atoms with van der Waals surface area (Å²) < 4.78 is 13.5. The second-order valence-corrected chi connectivity index (χ2v) is 6.00.